The zero-order valence-electron chi connectivity index (χ0n) is 12.4. The molecule has 0 saturated heterocycles. The molecule has 7 heteroatoms. The van der Waals surface area contributed by atoms with Gasteiger partial charge in [0.2, 0.25) is 5.91 Å². The summed E-state index contributed by atoms with van der Waals surface area (Å²) in [5.41, 5.74) is 1.76. The molecular weight excluding hydrogens is 314 g/mol. The van der Waals surface area contributed by atoms with Crippen molar-refractivity contribution in [3.63, 3.8) is 0 Å². The molecule has 6 nitrogen and oxygen atoms in total. The van der Waals surface area contributed by atoms with Crippen molar-refractivity contribution < 1.29 is 14.7 Å². The second-order valence-corrected chi connectivity index (χ2v) is 6.20. The minimum atomic E-state index is -1.03. The molecule has 0 aliphatic carbocycles. The Morgan fingerprint density at radius 2 is 2.13 bits per heavy atom. The number of carboxylic acid groups (broad SMARTS) is 1. The maximum atomic E-state index is 12.2. The molecule has 2 N–H and O–H groups in total. The van der Waals surface area contributed by atoms with Gasteiger partial charge in [0.25, 0.3) is 0 Å². The van der Waals surface area contributed by atoms with Crippen LogP contribution in [0.15, 0.2) is 46.4 Å². The van der Waals surface area contributed by atoms with Gasteiger partial charge in [0.15, 0.2) is 5.17 Å². The summed E-state index contributed by atoms with van der Waals surface area (Å²) in [7, 11) is 0. The van der Waals surface area contributed by atoms with E-state index < -0.39 is 12.0 Å². The van der Waals surface area contributed by atoms with Crippen molar-refractivity contribution in [1.29, 1.82) is 0 Å². The topological polar surface area (TPSA) is 82.0 Å². The van der Waals surface area contributed by atoms with E-state index in [0.29, 0.717) is 0 Å². The zero-order chi connectivity index (χ0) is 16.2. The van der Waals surface area contributed by atoms with Crippen LogP contribution in [0.25, 0.3) is 0 Å². The molecule has 1 unspecified atom stereocenters. The van der Waals surface area contributed by atoms with Crippen molar-refractivity contribution in [2.24, 2.45) is 4.99 Å². The summed E-state index contributed by atoms with van der Waals surface area (Å²) >= 11 is 1.51. The van der Waals surface area contributed by atoms with Gasteiger partial charge in [0.05, 0.1) is 13.0 Å². The third kappa shape index (κ3) is 3.73. The van der Waals surface area contributed by atoms with Gasteiger partial charge < -0.3 is 15.3 Å². The summed E-state index contributed by atoms with van der Waals surface area (Å²) in [6, 6.07) is 8.36. The van der Waals surface area contributed by atoms with E-state index in [1.807, 2.05) is 40.6 Å². The standard InChI is InChI=1S/C16H17N3O3S/c20-14(9-12-10-23-16-17-6-7-19(12)16)18-13(15(21)22)8-11-4-2-1-3-5-11/h1-5,10,13H,6-9H2,(H,18,20)(H,21,22). The van der Waals surface area contributed by atoms with E-state index in [1.165, 1.54) is 11.8 Å². The third-order valence-corrected chi connectivity index (χ3v) is 4.66. The van der Waals surface area contributed by atoms with Crippen molar-refractivity contribution in [2.45, 2.75) is 18.9 Å². The Morgan fingerprint density at radius 3 is 2.87 bits per heavy atom. The highest BCUT2D eigenvalue weighted by atomic mass is 32.2. The lowest BCUT2D eigenvalue weighted by atomic mass is 10.1. The number of carbonyl (C=O) groups excluding carboxylic acids is 1. The van der Waals surface area contributed by atoms with E-state index in [4.69, 9.17) is 0 Å². The van der Waals surface area contributed by atoms with Crippen molar-refractivity contribution >= 4 is 28.8 Å². The maximum Gasteiger partial charge on any atom is 0.326 e. The summed E-state index contributed by atoms with van der Waals surface area (Å²) in [5.74, 6) is -1.31. The van der Waals surface area contributed by atoms with Crippen molar-refractivity contribution in [2.75, 3.05) is 13.1 Å². The second-order valence-electron chi connectivity index (χ2n) is 5.37. The molecule has 2 aliphatic rings. The Morgan fingerprint density at radius 1 is 1.35 bits per heavy atom. The largest absolute Gasteiger partial charge is 0.480 e. The molecule has 23 heavy (non-hydrogen) atoms. The third-order valence-electron chi connectivity index (χ3n) is 3.71. The first-order valence-corrected chi connectivity index (χ1v) is 8.25. The molecule has 2 aliphatic heterocycles. The van der Waals surface area contributed by atoms with Gasteiger partial charge in [0.1, 0.15) is 6.04 Å². The van der Waals surface area contributed by atoms with Crippen LogP contribution in [-0.4, -0.2) is 46.2 Å². The number of carboxylic acids is 1. The molecular formula is C16H17N3O3S. The second kappa shape index (κ2) is 6.87. The van der Waals surface area contributed by atoms with Gasteiger partial charge in [-0.25, -0.2) is 4.79 Å². The fraction of sp³-hybridized carbons (Fsp3) is 0.312. The fourth-order valence-corrected chi connectivity index (χ4v) is 3.53. The molecule has 1 aromatic carbocycles. The SMILES string of the molecule is O=C(CC1=CSC2=NCCN12)NC(Cc1ccccc1)C(=O)O. The fourth-order valence-electron chi connectivity index (χ4n) is 2.58. The number of aliphatic imine (C=N–C) groups is 1. The van der Waals surface area contributed by atoms with Crippen LogP contribution in [0, 0.1) is 0 Å². The van der Waals surface area contributed by atoms with Gasteiger partial charge >= 0.3 is 5.97 Å². The van der Waals surface area contributed by atoms with E-state index in [1.54, 1.807) is 0 Å². The molecule has 0 fully saturated rings. The van der Waals surface area contributed by atoms with Crippen LogP contribution in [0.3, 0.4) is 0 Å². The Kier molecular flexibility index (Phi) is 4.66. The number of benzene rings is 1. The molecule has 0 spiro atoms. The molecule has 2 heterocycles. The van der Waals surface area contributed by atoms with Gasteiger partial charge in [-0.3, -0.25) is 9.79 Å². The van der Waals surface area contributed by atoms with Gasteiger partial charge in [0, 0.05) is 18.7 Å². The Labute approximate surface area is 138 Å². The van der Waals surface area contributed by atoms with Crippen LogP contribution < -0.4 is 5.32 Å². The maximum absolute atomic E-state index is 12.2. The number of amides is 1. The summed E-state index contributed by atoms with van der Waals surface area (Å²) < 4.78 is 0. The smallest absolute Gasteiger partial charge is 0.326 e. The van der Waals surface area contributed by atoms with E-state index in [-0.39, 0.29) is 18.7 Å². The number of hydrogen-bond acceptors (Lipinski definition) is 5. The minimum Gasteiger partial charge on any atom is -0.480 e. The lowest BCUT2D eigenvalue weighted by Crippen LogP contribution is -2.42. The lowest BCUT2D eigenvalue weighted by molar-refractivity contribution is -0.141. The number of hydrogen-bond donors (Lipinski definition) is 2. The zero-order valence-corrected chi connectivity index (χ0v) is 13.3. The van der Waals surface area contributed by atoms with Gasteiger partial charge in [-0.15, -0.1) is 0 Å². The molecule has 3 rings (SSSR count). The van der Waals surface area contributed by atoms with Gasteiger partial charge in [-0.1, -0.05) is 42.1 Å². The molecule has 0 aromatic heterocycles. The number of thioether (sulfide) groups is 1. The average Bonchev–Trinajstić information content (AvgIpc) is 3.13. The molecule has 0 radical (unpaired) electrons. The Hall–Kier alpha value is -2.28. The molecule has 1 atom stereocenters. The number of amidine groups is 1. The quantitative estimate of drug-likeness (QED) is 0.824. The van der Waals surface area contributed by atoms with Crippen LogP contribution in [0.1, 0.15) is 12.0 Å². The van der Waals surface area contributed by atoms with E-state index in [2.05, 4.69) is 10.3 Å². The van der Waals surface area contributed by atoms with Gasteiger partial charge in [-0.05, 0) is 11.0 Å². The highest BCUT2D eigenvalue weighted by molar-refractivity contribution is 8.16. The van der Waals surface area contributed by atoms with E-state index in [9.17, 15) is 14.7 Å². The van der Waals surface area contributed by atoms with Gasteiger partial charge in [-0.2, -0.15) is 0 Å². The highest BCUT2D eigenvalue weighted by Gasteiger charge is 2.28. The number of fused-ring (bicyclic) bond motifs is 1. The average molecular weight is 331 g/mol. The van der Waals surface area contributed by atoms with Crippen LogP contribution >= 0.6 is 11.8 Å². The number of carbonyl (C=O) groups is 2. The van der Waals surface area contributed by atoms with Crippen LogP contribution in [-0.2, 0) is 16.0 Å². The first kappa shape index (κ1) is 15.6. The summed E-state index contributed by atoms with van der Waals surface area (Å²) in [4.78, 5) is 29.9. The minimum absolute atomic E-state index is 0.171. The molecule has 1 amide bonds. The highest BCUT2D eigenvalue weighted by Crippen LogP contribution is 2.30. The van der Waals surface area contributed by atoms with Crippen molar-refractivity contribution in [3.05, 3.63) is 47.0 Å². The number of nitrogens with zero attached hydrogens (tertiary/aromatic N) is 2. The molecule has 0 saturated carbocycles. The predicted molar refractivity (Wildman–Crippen MR) is 89.0 cm³/mol. The van der Waals surface area contributed by atoms with Crippen LogP contribution in [0.2, 0.25) is 0 Å². The number of nitrogens with one attached hydrogen (secondary N) is 1. The Balaban J connectivity index is 1.58. The number of rotatable bonds is 6. The molecule has 0 bridgehead atoms. The van der Waals surface area contributed by atoms with Crippen LogP contribution in [0.5, 0.6) is 0 Å². The van der Waals surface area contributed by atoms with Crippen molar-refractivity contribution in [1.82, 2.24) is 10.2 Å². The van der Waals surface area contributed by atoms with Crippen molar-refractivity contribution in [3.8, 4) is 0 Å². The summed E-state index contributed by atoms with van der Waals surface area (Å²) in [6.45, 7) is 1.53. The van der Waals surface area contributed by atoms with E-state index in [0.717, 1.165) is 29.5 Å². The molecule has 120 valence electrons. The number of aliphatic carboxylic acids is 1. The molecule has 1 aromatic rings. The summed E-state index contributed by atoms with van der Waals surface area (Å²) in [5, 5.41) is 14.8. The monoisotopic (exact) mass is 331 g/mol. The van der Waals surface area contributed by atoms with E-state index >= 15 is 0 Å². The van der Waals surface area contributed by atoms with Crippen LogP contribution in [0.4, 0.5) is 0 Å². The Bertz CT molecular complexity index is 672. The first-order valence-electron chi connectivity index (χ1n) is 7.37. The normalized spacial score (nSPS) is 17.3. The summed E-state index contributed by atoms with van der Waals surface area (Å²) in [6.07, 6.45) is 0.441. The first-order chi connectivity index (χ1) is 11.1. The lowest BCUT2D eigenvalue weighted by Gasteiger charge is -2.18. The predicted octanol–water partition coefficient (Wildman–Crippen LogP) is 1.45.